The normalized spacial score (nSPS) is 11.3. The molecule has 4 aromatic carbocycles. The van der Waals surface area contributed by atoms with Gasteiger partial charge in [0.25, 0.3) is 0 Å². The highest BCUT2D eigenvalue weighted by molar-refractivity contribution is 6.33. The Morgan fingerprint density at radius 3 is 2.10 bits per heavy atom. The zero-order chi connectivity index (χ0) is 30.4. The molecule has 0 amide bonds. The quantitative estimate of drug-likeness (QED) is 0.164. The number of hydrogen-bond acceptors (Lipinski definition) is 4. The molecule has 0 unspecified atom stereocenters. The van der Waals surface area contributed by atoms with E-state index in [9.17, 15) is 22.8 Å². The zero-order valence-corrected chi connectivity index (χ0v) is 23.9. The number of benzene rings is 4. The molecule has 4 aromatic rings. The predicted octanol–water partition coefficient (Wildman–Crippen LogP) is 9.40. The van der Waals surface area contributed by atoms with Crippen molar-refractivity contribution >= 4 is 40.6 Å². The molecule has 10 heteroatoms. The Balaban J connectivity index is 1.63. The third-order valence-electron chi connectivity index (χ3n) is 6.66. The van der Waals surface area contributed by atoms with Gasteiger partial charge in [0.15, 0.2) is 5.78 Å². The highest BCUT2D eigenvalue weighted by Gasteiger charge is 2.33. The van der Waals surface area contributed by atoms with Crippen molar-refractivity contribution in [3.05, 3.63) is 106 Å². The van der Waals surface area contributed by atoms with Gasteiger partial charge in [0.05, 0.1) is 17.7 Å². The average Bonchev–Trinajstić information content (AvgIpc) is 2.95. The Labute approximate surface area is 250 Å². The highest BCUT2D eigenvalue weighted by Crippen LogP contribution is 2.40. The maximum absolute atomic E-state index is 13.8. The monoisotopic (exact) mass is 615 g/mol. The van der Waals surface area contributed by atoms with Crippen LogP contribution < -0.4 is 10.1 Å². The van der Waals surface area contributed by atoms with Crippen molar-refractivity contribution in [3.8, 4) is 28.0 Å². The van der Waals surface area contributed by atoms with Gasteiger partial charge in [-0.15, -0.1) is 0 Å². The van der Waals surface area contributed by atoms with Crippen molar-refractivity contribution in [1.29, 1.82) is 0 Å². The zero-order valence-electron chi connectivity index (χ0n) is 22.4. The molecule has 0 aromatic heterocycles. The summed E-state index contributed by atoms with van der Waals surface area (Å²) in [5.41, 5.74) is 3.00. The van der Waals surface area contributed by atoms with Crippen molar-refractivity contribution in [2.75, 3.05) is 12.4 Å². The molecular formula is C32H26Cl2F3NO4. The van der Waals surface area contributed by atoms with Crippen LogP contribution in [0.5, 0.6) is 5.75 Å². The van der Waals surface area contributed by atoms with Crippen LogP contribution in [0, 0.1) is 0 Å². The molecular weight excluding hydrogens is 590 g/mol. The van der Waals surface area contributed by atoms with Crippen LogP contribution in [-0.4, -0.2) is 24.0 Å². The number of carboxylic acid groups (broad SMARTS) is 1. The van der Waals surface area contributed by atoms with Crippen LogP contribution in [0.15, 0.2) is 78.9 Å². The molecule has 0 aliphatic carbocycles. The van der Waals surface area contributed by atoms with Crippen molar-refractivity contribution < 1.29 is 32.6 Å². The minimum atomic E-state index is -4.61. The van der Waals surface area contributed by atoms with E-state index in [1.165, 1.54) is 19.2 Å². The van der Waals surface area contributed by atoms with Crippen LogP contribution in [0.2, 0.25) is 10.0 Å². The Kier molecular flexibility index (Phi) is 9.81. The van der Waals surface area contributed by atoms with Gasteiger partial charge in [0.1, 0.15) is 5.75 Å². The molecule has 218 valence electrons. The van der Waals surface area contributed by atoms with Gasteiger partial charge in [-0.25, -0.2) is 0 Å². The van der Waals surface area contributed by atoms with Gasteiger partial charge in [-0.3, -0.25) is 9.59 Å². The number of nitrogens with one attached hydrogen (secondary N) is 1. The lowest BCUT2D eigenvalue weighted by atomic mass is 9.94. The van der Waals surface area contributed by atoms with E-state index in [0.717, 1.165) is 23.3 Å². The number of Topliss-reactive ketones (excluding diaryl/α,β-unsaturated/α-hetero) is 1. The summed E-state index contributed by atoms with van der Waals surface area (Å²) in [6, 6.07) is 20.8. The summed E-state index contributed by atoms with van der Waals surface area (Å²) in [4.78, 5) is 23.2. The Morgan fingerprint density at radius 2 is 1.50 bits per heavy atom. The number of hydrogen-bond donors (Lipinski definition) is 2. The number of methoxy groups -OCH3 is 1. The minimum Gasteiger partial charge on any atom is -0.496 e. The summed E-state index contributed by atoms with van der Waals surface area (Å²) in [6.45, 7) is 0.114. The molecule has 0 saturated heterocycles. The number of carboxylic acids is 1. The topological polar surface area (TPSA) is 75.6 Å². The van der Waals surface area contributed by atoms with Crippen LogP contribution in [0.1, 0.15) is 40.7 Å². The first-order chi connectivity index (χ1) is 20.0. The molecule has 0 atom stereocenters. The number of anilines is 1. The van der Waals surface area contributed by atoms with Gasteiger partial charge in [0, 0.05) is 46.8 Å². The molecule has 0 saturated carbocycles. The fraction of sp³-hybridized carbons (Fsp3) is 0.188. The second-order valence-corrected chi connectivity index (χ2v) is 10.3. The second kappa shape index (κ2) is 13.3. The molecule has 0 radical (unpaired) electrons. The van der Waals surface area contributed by atoms with E-state index in [1.807, 2.05) is 24.3 Å². The molecule has 0 spiro atoms. The van der Waals surface area contributed by atoms with Gasteiger partial charge in [-0.2, -0.15) is 13.2 Å². The molecule has 4 rings (SSSR count). The number of rotatable bonds is 11. The minimum absolute atomic E-state index is 0.0463. The summed E-state index contributed by atoms with van der Waals surface area (Å²) in [5, 5.41) is 13.1. The average molecular weight is 616 g/mol. The maximum Gasteiger partial charge on any atom is 0.416 e. The standard InChI is InChI=1S/C32H26Cl2F3NO4/c1-42-30-16-22(32(35,36)37)15-26(20-5-7-21(8-6-20)29(39)3-2-4-31(40)41)27(30)18-38-24-13-14-25(28(34)17-24)19-9-11-23(33)12-10-19/h5-17,38H,2-4,18H2,1H3,(H,40,41). The van der Waals surface area contributed by atoms with E-state index >= 15 is 0 Å². The van der Waals surface area contributed by atoms with E-state index < -0.39 is 17.7 Å². The lowest BCUT2D eigenvalue weighted by Gasteiger charge is -2.19. The number of aliphatic carboxylic acids is 1. The van der Waals surface area contributed by atoms with Crippen molar-refractivity contribution in [3.63, 3.8) is 0 Å². The van der Waals surface area contributed by atoms with Gasteiger partial charge >= 0.3 is 12.1 Å². The number of alkyl halides is 3. The number of ether oxygens (including phenoxy) is 1. The van der Waals surface area contributed by atoms with E-state index in [-0.39, 0.29) is 42.9 Å². The Morgan fingerprint density at radius 1 is 0.857 bits per heavy atom. The molecule has 42 heavy (non-hydrogen) atoms. The first kappa shape index (κ1) is 30.9. The predicted molar refractivity (Wildman–Crippen MR) is 158 cm³/mol. The van der Waals surface area contributed by atoms with Crippen molar-refractivity contribution in [2.24, 2.45) is 0 Å². The lowest BCUT2D eigenvalue weighted by Crippen LogP contribution is -2.10. The van der Waals surface area contributed by atoms with E-state index in [1.54, 1.807) is 30.3 Å². The van der Waals surface area contributed by atoms with Crippen molar-refractivity contribution in [1.82, 2.24) is 0 Å². The van der Waals surface area contributed by atoms with E-state index in [0.29, 0.717) is 32.4 Å². The summed E-state index contributed by atoms with van der Waals surface area (Å²) in [7, 11) is 1.30. The van der Waals surface area contributed by atoms with Gasteiger partial charge in [0.2, 0.25) is 0 Å². The van der Waals surface area contributed by atoms with Crippen LogP contribution in [0.25, 0.3) is 22.3 Å². The summed E-state index contributed by atoms with van der Waals surface area (Å²) in [6.07, 6.45) is -4.49. The number of carbonyl (C=O) groups is 2. The molecule has 0 heterocycles. The largest absolute Gasteiger partial charge is 0.496 e. The highest BCUT2D eigenvalue weighted by atomic mass is 35.5. The summed E-state index contributed by atoms with van der Waals surface area (Å²) >= 11 is 12.5. The number of halogens is 5. The molecule has 0 aliphatic heterocycles. The van der Waals surface area contributed by atoms with Crippen LogP contribution >= 0.6 is 23.2 Å². The lowest BCUT2D eigenvalue weighted by molar-refractivity contribution is -0.138. The summed E-state index contributed by atoms with van der Waals surface area (Å²) in [5.74, 6) is -1.19. The molecule has 5 nitrogen and oxygen atoms in total. The van der Waals surface area contributed by atoms with Crippen LogP contribution in [0.4, 0.5) is 18.9 Å². The van der Waals surface area contributed by atoms with E-state index in [2.05, 4.69) is 5.32 Å². The smallest absolute Gasteiger partial charge is 0.416 e. The first-order valence-corrected chi connectivity index (χ1v) is 13.6. The third kappa shape index (κ3) is 7.63. The van der Waals surface area contributed by atoms with E-state index in [4.69, 9.17) is 33.0 Å². The van der Waals surface area contributed by atoms with Gasteiger partial charge in [-0.1, -0.05) is 65.7 Å². The SMILES string of the molecule is COc1cc(C(F)(F)F)cc(-c2ccc(C(=O)CCCC(=O)O)cc2)c1CNc1ccc(-c2ccc(Cl)cc2)c(Cl)c1. The third-order valence-corrected chi connectivity index (χ3v) is 7.23. The van der Waals surface area contributed by atoms with Crippen molar-refractivity contribution in [2.45, 2.75) is 32.0 Å². The Hall–Kier alpha value is -4.01. The Bertz CT molecular complexity index is 1590. The van der Waals surface area contributed by atoms with Gasteiger partial charge < -0.3 is 15.2 Å². The molecule has 0 bridgehead atoms. The fourth-order valence-corrected chi connectivity index (χ4v) is 4.91. The first-order valence-electron chi connectivity index (χ1n) is 12.9. The number of ketones is 1. The maximum atomic E-state index is 13.8. The number of carbonyl (C=O) groups excluding carboxylic acids is 1. The fourth-order valence-electron chi connectivity index (χ4n) is 4.49. The molecule has 2 N–H and O–H groups in total. The summed E-state index contributed by atoms with van der Waals surface area (Å²) < 4.78 is 46.8. The molecule has 0 aliphatic rings. The second-order valence-electron chi connectivity index (χ2n) is 9.51. The molecule has 0 fully saturated rings. The van der Waals surface area contributed by atoms with Gasteiger partial charge in [-0.05, 0) is 59.5 Å². The van der Waals surface area contributed by atoms with Crippen LogP contribution in [0.3, 0.4) is 0 Å². The van der Waals surface area contributed by atoms with Crippen LogP contribution in [-0.2, 0) is 17.5 Å².